The first-order chi connectivity index (χ1) is 15.6. The summed E-state index contributed by atoms with van der Waals surface area (Å²) in [6, 6.07) is 7.30. The molecule has 0 radical (unpaired) electrons. The van der Waals surface area contributed by atoms with Crippen molar-refractivity contribution in [3.8, 4) is 0 Å². The van der Waals surface area contributed by atoms with Crippen LogP contribution in [0.5, 0.6) is 0 Å². The van der Waals surface area contributed by atoms with Gasteiger partial charge in [-0.25, -0.2) is 13.2 Å². The normalized spacial score (nSPS) is 21.7. The molecule has 0 aromatic heterocycles. The predicted octanol–water partition coefficient (Wildman–Crippen LogP) is 5.70. The Balaban J connectivity index is 1.74. The van der Waals surface area contributed by atoms with Gasteiger partial charge in [-0.3, -0.25) is 9.69 Å². The van der Waals surface area contributed by atoms with Gasteiger partial charge in [0, 0.05) is 49.1 Å². The lowest BCUT2D eigenvalue weighted by Gasteiger charge is -2.30. The summed E-state index contributed by atoms with van der Waals surface area (Å²) in [6.07, 6.45) is 6.36. The number of nitrogens with zero attached hydrogens (tertiary/aromatic N) is 2. The maximum Gasteiger partial charge on any atom is 0.275 e. The number of amides is 1. The largest absolute Gasteiger partial charge is 0.382 e. The lowest BCUT2D eigenvalue weighted by atomic mass is 9.96. The molecule has 0 bridgehead atoms. The molecular formula is C27H31F3N2O2. The minimum Gasteiger partial charge on any atom is -0.382 e. The lowest BCUT2D eigenvalue weighted by Crippen LogP contribution is -2.47. The van der Waals surface area contributed by atoms with Crippen molar-refractivity contribution in [2.45, 2.75) is 51.3 Å². The molecule has 0 saturated carbocycles. The molecule has 4 nitrogen and oxygen atoms in total. The summed E-state index contributed by atoms with van der Waals surface area (Å²) in [5, 5.41) is 10.3. The topological polar surface area (TPSA) is 43.8 Å². The summed E-state index contributed by atoms with van der Waals surface area (Å²) in [5.74, 6) is -3.60. The number of alkyl halides is 3. The number of hydrogen-bond donors (Lipinski definition) is 1. The first kappa shape index (κ1) is 25.6. The Morgan fingerprint density at radius 2 is 1.79 bits per heavy atom. The van der Waals surface area contributed by atoms with Gasteiger partial charge in [0.25, 0.3) is 11.8 Å². The molecule has 1 unspecified atom stereocenters. The van der Waals surface area contributed by atoms with Crippen LogP contribution in [0.2, 0.25) is 0 Å². The summed E-state index contributed by atoms with van der Waals surface area (Å²) in [7, 11) is 0. The number of carbonyl (C=O) groups excluding carboxylic acids is 1. The van der Waals surface area contributed by atoms with E-state index in [-0.39, 0.29) is 19.5 Å². The number of allylic oxidation sites excluding steroid dienone is 4. The average Bonchev–Trinajstić information content (AvgIpc) is 3.16. The molecule has 1 aromatic rings. The van der Waals surface area contributed by atoms with Crippen molar-refractivity contribution in [2.24, 2.45) is 0 Å². The number of likely N-dealkylation sites (tertiary alicyclic amines) is 1. The van der Waals surface area contributed by atoms with Gasteiger partial charge >= 0.3 is 0 Å². The third-order valence-corrected chi connectivity index (χ3v) is 6.59. The fourth-order valence-corrected chi connectivity index (χ4v) is 3.84. The van der Waals surface area contributed by atoms with E-state index in [1.54, 1.807) is 24.1 Å². The van der Waals surface area contributed by atoms with Gasteiger partial charge in [-0.1, -0.05) is 43.5 Å². The zero-order chi connectivity index (χ0) is 25.5. The van der Waals surface area contributed by atoms with E-state index < -0.39 is 23.1 Å². The fourth-order valence-electron chi connectivity index (χ4n) is 3.84. The van der Waals surface area contributed by atoms with Gasteiger partial charge in [0.15, 0.2) is 0 Å². The number of carbonyl (C=O) groups is 1. The summed E-state index contributed by atoms with van der Waals surface area (Å²) < 4.78 is 41.7. The maximum atomic E-state index is 14.1. The van der Waals surface area contributed by atoms with Crippen LogP contribution in [0.4, 0.5) is 13.2 Å². The zero-order valence-electron chi connectivity index (χ0n) is 20.0. The van der Waals surface area contributed by atoms with Gasteiger partial charge in [-0.15, -0.1) is 0 Å². The van der Waals surface area contributed by atoms with Crippen LogP contribution in [0.3, 0.4) is 0 Å². The summed E-state index contributed by atoms with van der Waals surface area (Å²) in [5.41, 5.74) is -0.107. The Hall–Kier alpha value is -3.06. The van der Waals surface area contributed by atoms with E-state index in [2.05, 4.69) is 13.2 Å². The Labute approximate surface area is 199 Å². The Morgan fingerprint density at radius 1 is 1.18 bits per heavy atom. The number of benzene rings is 1. The van der Waals surface area contributed by atoms with Crippen molar-refractivity contribution in [1.82, 2.24) is 9.80 Å². The molecule has 2 heterocycles. The number of hydrogen-bond acceptors (Lipinski definition) is 3. The molecule has 2 aliphatic heterocycles. The van der Waals surface area contributed by atoms with Crippen molar-refractivity contribution in [3.63, 3.8) is 0 Å². The second-order valence-corrected chi connectivity index (χ2v) is 9.49. The van der Waals surface area contributed by atoms with Crippen molar-refractivity contribution >= 4 is 17.2 Å². The van der Waals surface area contributed by atoms with Crippen molar-refractivity contribution < 1.29 is 23.1 Å². The first-order valence-corrected chi connectivity index (χ1v) is 11.1. The van der Waals surface area contributed by atoms with Crippen LogP contribution in [0, 0.1) is 0 Å². The number of rotatable bonds is 6. The molecule has 1 aromatic carbocycles. The maximum absolute atomic E-state index is 14.1. The highest BCUT2D eigenvalue weighted by Gasteiger charge is 2.52. The van der Waals surface area contributed by atoms with Crippen LogP contribution in [-0.4, -0.2) is 51.1 Å². The van der Waals surface area contributed by atoms with Crippen LogP contribution in [-0.2, 0) is 4.79 Å². The number of β-amino-alcohol motifs (C(OH)–C–C–N with tert-alkyl or cyclic N) is 1. The smallest absolute Gasteiger partial charge is 0.275 e. The number of aliphatic hydroxyl groups is 1. The molecule has 1 fully saturated rings. The molecule has 3 rings (SSSR count). The van der Waals surface area contributed by atoms with Gasteiger partial charge in [-0.2, -0.15) is 0 Å². The fraction of sp³-hybridized carbons (Fsp3) is 0.370. The Kier molecular flexibility index (Phi) is 6.73. The van der Waals surface area contributed by atoms with Gasteiger partial charge in [0.1, 0.15) is 11.3 Å². The summed E-state index contributed by atoms with van der Waals surface area (Å²) in [6.45, 7) is 13.3. The van der Waals surface area contributed by atoms with E-state index in [9.17, 15) is 23.1 Å². The minimum absolute atomic E-state index is 0.0377. The first-order valence-electron chi connectivity index (χ1n) is 11.1. The third kappa shape index (κ3) is 5.04. The molecule has 1 amide bonds. The molecule has 1 atom stereocenters. The monoisotopic (exact) mass is 472 g/mol. The Bertz CT molecular complexity index is 1090. The SMILES string of the molecule is C=C(c1ccc(C2=CC=CN(C(=O)/C=C(\C)C(C)(C)F)C2=C)cc1)N1CCC(O)(C(C)(F)F)C1. The van der Waals surface area contributed by atoms with Crippen molar-refractivity contribution in [3.05, 3.63) is 84.2 Å². The summed E-state index contributed by atoms with van der Waals surface area (Å²) >= 11 is 0. The standard InChI is InChI=1S/C27H31F3N2O2/c1-18(25(4,5)28)16-24(33)32-14-7-8-23(20(32)3)22-11-9-21(10-12-22)19(2)31-15-13-27(34,17-31)26(6,29)30/h7-12,14,16,34H,2-3,13,15,17H2,1,4-6H3/b18-16+. The van der Waals surface area contributed by atoms with E-state index >= 15 is 0 Å². The second-order valence-electron chi connectivity index (χ2n) is 9.49. The highest BCUT2D eigenvalue weighted by molar-refractivity contribution is 5.95. The van der Waals surface area contributed by atoms with Gasteiger partial charge in [-0.05, 0) is 43.5 Å². The molecule has 0 aliphatic carbocycles. The van der Waals surface area contributed by atoms with Crippen LogP contribution in [0.25, 0.3) is 11.3 Å². The second kappa shape index (κ2) is 8.95. The molecule has 34 heavy (non-hydrogen) atoms. The van der Waals surface area contributed by atoms with Crippen LogP contribution in [0.15, 0.2) is 73.1 Å². The van der Waals surface area contributed by atoms with E-state index in [0.717, 1.165) is 23.6 Å². The predicted molar refractivity (Wildman–Crippen MR) is 129 cm³/mol. The van der Waals surface area contributed by atoms with Gasteiger partial charge < -0.3 is 10.0 Å². The molecule has 182 valence electrons. The molecule has 2 aliphatic rings. The molecule has 1 N–H and O–H groups in total. The van der Waals surface area contributed by atoms with Gasteiger partial charge in [0.05, 0.1) is 6.54 Å². The average molecular weight is 473 g/mol. The van der Waals surface area contributed by atoms with E-state index in [4.69, 9.17) is 0 Å². The van der Waals surface area contributed by atoms with Crippen molar-refractivity contribution in [1.29, 1.82) is 0 Å². The quantitative estimate of drug-likeness (QED) is 0.541. The molecule has 7 heteroatoms. The number of halogens is 3. The highest BCUT2D eigenvalue weighted by atomic mass is 19.3. The third-order valence-electron chi connectivity index (χ3n) is 6.59. The lowest BCUT2D eigenvalue weighted by molar-refractivity contribution is -0.160. The summed E-state index contributed by atoms with van der Waals surface area (Å²) in [4.78, 5) is 15.7. The highest BCUT2D eigenvalue weighted by Crippen LogP contribution is 2.39. The molecule has 0 spiro atoms. The van der Waals surface area contributed by atoms with E-state index in [1.165, 1.54) is 24.8 Å². The van der Waals surface area contributed by atoms with Crippen LogP contribution < -0.4 is 0 Å². The van der Waals surface area contributed by atoms with Crippen LogP contribution in [0.1, 0.15) is 45.2 Å². The minimum atomic E-state index is -3.20. The zero-order valence-corrected chi connectivity index (χ0v) is 20.0. The molecular weight excluding hydrogens is 441 g/mol. The van der Waals surface area contributed by atoms with Crippen molar-refractivity contribution in [2.75, 3.05) is 13.1 Å². The Morgan fingerprint density at radius 3 is 2.32 bits per heavy atom. The van der Waals surface area contributed by atoms with Crippen LogP contribution >= 0.6 is 0 Å². The van der Waals surface area contributed by atoms with E-state index in [0.29, 0.717) is 17.0 Å². The molecule has 1 saturated heterocycles. The van der Waals surface area contributed by atoms with Gasteiger partial charge in [0.2, 0.25) is 0 Å². The van der Waals surface area contributed by atoms with E-state index in [1.807, 2.05) is 30.3 Å².